The minimum Gasteiger partial charge on any atom is -0.324 e. The van der Waals surface area contributed by atoms with Crippen LogP contribution >= 0.6 is 0 Å². The molecule has 0 saturated carbocycles. The molecule has 0 heterocycles. The maximum atomic E-state index is 13.0. The van der Waals surface area contributed by atoms with Crippen molar-refractivity contribution in [3.63, 3.8) is 0 Å². The summed E-state index contributed by atoms with van der Waals surface area (Å²) in [5.41, 5.74) is 0. The fourth-order valence-electron chi connectivity index (χ4n) is 3.54. The Morgan fingerprint density at radius 1 is 0.488 bits per heavy atom. The molecule has 0 unspecified atom stereocenters. The highest BCUT2D eigenvalue weighted by Crippen LogP contribution is 2.64. The molecule has 0 aliphatic heterocycles. The average molecular weight is 672 g/mol. The van der Waals surface area contributed by atoms with Crippen molar-refractivity contribution in [2.45, 2.75) is 93.9 Å². The van der Waals surface area contributed by atoms with Crippen molar-refractivity contribution >= 4 is 10.1 Å². The fraction of sp³-hybridized carbons (Fsp3) is 1.00. The lowest BCUT2D eigenvalue weighted by Crippen LogP contribution is -2.74. The molecule has 250 valence electrons. The van der Waals surface area contributed by atoms with Gasteiger partial charge in [-0.05, 0) is 26.2 Å². The van der Waals surface area contributed by atoms with E-state index < -0.39 is 57.1 Å². The van der Waals surface area contributed by atoms with Gasteiger partial charge in [0.15, 0.2) is 0 Å². The second-order valence-electron chi connectivity index (χ2n) is 8.76. The van der Waals surface area contributed by atoms with Crippen LogP contribution in [-0.2, 0) is 10.1 Å². The zero-order valence-corrected chi connectivity index (χ0v) is 22.3. The highest BCUT2D eigenvalue weighted by atomic mass is 32.2. The molecule has 4 nitrogen and oxygen atoms in total. The second-order valence-corrected chi connectivity index (χ2v) is 10.2. The molecule has 0 fully saturated rings. The molecule has 0 radical (unpaired) electrons. The Kier molecular flexibility index (Phi) is 13.0. The van der Waals surface area contributed by atoms with Gasteiger partial charge in [0.25, 0.3) is 0 Å². The molecule has 41 heavy (non-hydrogen) atoms. The lowest BCUT2D eigenvalue weighted by Gasteiger charge is -2.42. The number of halogens is 17. The Balaban J connectivity index is 0. The van der Waals surface area contributed by atoms with Gasteiger partial charge in [-0.3, -0.25) is 4.55 Å². The normalized spacial score (nSPS) is 15.5. The van der Waals surface area contributed by atoms with E-state index in [-0.39, 0.29) is 0 Å². The second kappa shape index (κ2) is 12.7. The minimum atomic E-state index is -8.89. The van der Waals surface area contributed by atoms with Crippen LogP contribution in [0, 0.1) is 0 Å². The predicted molar refractivity (Wildman–Crippen MR) is 109 cm³/mol. The van der Waals surface area contributed by atoms with Gasteiger partial charge < -0.3 is 4.48 Å². The highest BCUT2D eigenvalue weighted by Gasteiger charge is 2.96. The first-order valence-electron chi connectivity index (χ1n) is 11.3. The number of hydrogen-bond acceptors (Lipinski definition) is 2. The molecule has 0 aromatic heterocycles. The van der Waals surface area contributed by atoms with Crippen LogP contribution in [0.2, 0.25) is 0 Å². The number of alkyl halides is 17. The van der Waals surface area contributed by atoms with Gasteiger partial charge in [0.1, 0.15) is 0 Å². The lowest BCUT2D eigenvalue weighted by molar-refractivity contribution is -0.926. The van der Waals surface area contributed by atoms with Crippen LogP contribution in [0.1, 0.15) is 47.0 Å². The highest BCUT2D eigenvalue weighted by molar-refractivity contribution is 7.87. The summed E-state index contributed by atoms with van der Waals surface area (Å²) in [5.74, 6) is -52.0. The third-order valence-corrected chi connectivity index (χ3v) is 6.69. The van der Waals surface area contributed by atoms with Crippen molar-refractivity contribution in [3.05, 3.63) is 0 Å². The molecule has 1 N–H and O–H groups in total. The third-order valence-electron chi connectivity index (χ3n) is 5.78. The fourth-order valence-corrected chi connectivity index (χ4v) is 4.00. The van der Waals surface area contributed by atoms with E-state index in [0.717, 1.165) is 0 Å². The van der Waals surface area contributed by atoms with Crippen molar-refractivity contribution in [3.8, 4) is 0 Å². The van der Waals surface area contributed by atoms with E-state index in [1.165, 1.54) is 49.9 Å². The summed E-state index contributed by atoms with van der Waals surface area (Å²) in [6.45, 7) is 14.7. The summed E-state index contributed by atoms with van der Waals surface area (Å²) >= 11 is 0. The summed E-state index contributed by atoms with van der Waals surface area (Å²) < 4.78 is 244. The first kappa shape index (κ1) is 41.8. The summed E-state index contributed by atoms with van der Waals surface area (Å²) in [4.78, 5) is 0. The SMILES string of the molecule is CCC[N+](CC)(CCC)CCC.O=S(=O)(O)C(F)(F)C(F)(F)C(F)(F)C(F)(F)C(F)(F)C(F)(F)C(F)(F)C(F)(F)F. The molecule has 0 aromatic rings. The van der Waals surface area contributed by atoms with E-state index in [0.29, 0.717) is 0 Å². The Hall–Kier alpha value is -1.32. The van der Waals surface area contributed by atoms with Gasteiger partial charge >= 0.3 is 57.1 Å². The Labute approximate surface area is 223 Å². The van der Waals surface area contributed by atoms with Gasteiger partial charge in [0, 0.05) is 0 Å². The molecule has 0 aromatic carbocycles. The quantitative estimate of drug-likeness (QED) is 0.116. The molecular weight excluding hydrogens is 645 g/mol. The van der Waals surface area contributed by atoms with E-state index in [9.17, 15) is 83.1 Å². The molecule has 0 spiro atoms. The number of rotatable bonds is 14. The Morgan fingerprint density at radius 3 is 0.927 bits per heavy atom. The molecular formula is C19H27F17NO3S+. The largest absolute Gasteiger partial charge is 0.460 e. The van der Waals surface area contributed by atoms with Crippen LogP contribution in [0.3, 0.4) is 0 Å². The topological polar surface area (TPSA) is 54.4 Å². The molecule has 22 heteroatoms. The van der Waals surface area contributed by atoms with E-state index >= 15 is 0 Å². The van der Waals surface area contributed by atoms with Gasteiger partial charge in [0.2, 0.25) is 0 Å². The van der Waals surface area contributed by atoms with Crippen molar-refractivity contribution < 1.29 is 92.1 Å². The van der Waals surface area contributed by atoms with Gasteiger partial charge in [-0.25, -0.2) is 0 Å². The van der Waals surface area contributed by atoms with E-state index in [2.05, 4.69) is 27.7 Å². The smallest absolute Gasteiger partial charge is 0.324 e. The minimum absolute atomic E-state index is 1.32. The van der Waals surface area contributed by atoms with Gasteiger partial charge in [-0.15, -0.1) is 0 Å². The molecule has 0 bridgehead atoms. The van der Waals surface area contributed by atoms with Gasteiger partial charge in [-0.1, -0.05) is 20.8 Å². The van der Waals surface area contributed by atoms with Crippen LogP contribution in [0.4, 0.5) is 74.6 Å². The summed E-state index contributed by atoms with van der Waals surface area (Å²) in [5, 5.41) is -7.84. The van der Waals surface area contributed by atoms with Gasteiger partial charge in [0.05, 0.1) is 26.2 Å². The Bertz CT molecular complexity index is 932. The molecule has 0 saturated heterocycles. The van der Waals surface area contributed by atoms with E-state index in [1.54, 1.807) is 0 Å². The molecule has 0 amide bonds. The third kappa shape index (κ3) is 7.09. The molecule has 0 rings (SSSR count). The van der Waals surface area contributed by atoms with Crippen LogP contribution in [0.25, 0.3) is 0 Å². The van der Waals surface area contributed by atoms with Crippen LogP contribution in [0.15, 0.2) is 0 Å². The van der Waals surface area contributed by atoms with Gasteiger partial charge in [-0.2, -0.15) is 83.1 Å². The molecule has 0 aliphatic carbocycles. The van der Waals surface area contributed by atoms with Crippen LogP contribution in [-0.4, -0.2) is 90.6 Å². The first-order valence-corrected chi connectivity index (χ1v) is 12.7. The summed E-state index contributed by atoms with van der Waals surface area (Å²) in [6.07, 6.45) is -3.90. The molecule has 0 atom stereocenters. The van der Waals surface area contributed by atoms with E-state index in [1.807, 2.05) is 0 Å². The zero-order valence-electron chi connectivity index (χ0n) is 21.5. The summed E-state index contributed by atoms with van der Waals surface area (Å²) in [6, 6.07) is 0. The monoisotopic (exact) mass is 672 g/mol. The number of hydrogen-bond donors (Lipinski definition) is 1. The van der Waals surface area contributed by atoms with Crippen LogP contribution in [0.5, 0.6) is 0 Å². The van der Waals surface area contributed by atoms with Crippen molar-refractivity contribution in [2.24, 2.45) is 0 Å². The first-order chi connectivity index (χ1) is 17.7. The maximum Gasteiger partial charge on any atom is 0.460 e. The van der Waals surface area contributed by atoms with Crippen molar-refractivity contribution in [1.82, 2.24) is 0 Å². The average Bonchev–Trinajstić information content (AvgIpc) is 2.77. The summed E-state index contributed by atoms with van der Waals surface area (Å²) in [7, 11) is -7.89. The lowest BCUT2D eigenvalue weighted by atomic mass is 9.91. The number of quaternary nitrogens is 1. The standard InChI is InChI=1S/C11H26N.C8HF17O3S/c1-5-9-12(8-4,10-6-2)11-7-3;9-1(10,3(13,14)5(17,18)7(21,22)23)2(11,12)4(15,16)6(19,20)8(24,25)29(26,27)28/h5-11H2,1-4H3;(H,26,27,28)/q+1;. The van der Waals surface area contributed by atoms with Crippen LogP contribution < -0.4 is 0 Å². The van der Waals surface area contributed by atoms with Crippen molar-refractivity contribution in [1.29, 1.82) is 0 Å². The predicted octanol–water partition coefficient (Wildman–Crippen LogP) is 7.89. The zero-order chi connectivity index (χ0) is 33.9. The van der Waals surface area contributed by atoms with Crippen molar-refractivity contribution in [2.75, 3.05) is 26.2 Å². The van der Waals surface area contributed by atoms with E-state index in [4.69, 9.17) is 4.55 Å². The molecule has 0 aliphatic rings. The number of nitrogens with zero attached hydrogens (tertiary/aromatic N) is 1. The maximum absolute atomic E-state index is 13.0. The Morgan fingerprint density at radius 2 is 0.732 bits per heavy atom.